The molecule has 0 aliphatic carbocycles. The summed E-state index contributed by atoms with van der Waals surface area (Å²) in [5.74, 6) is -0.600. The molecular formula is C36H69NO5. The highest BCUT2D eigenvalue weighted by molar-refractivity contribution is 5.80. The zero-order valence-corrected chi connectivity index (χ0v) is 27.5. The predicted octanol–water partition coefficient (Wildman–Crippen LogP) is 8.06. The summed E-state index contributed by atoms with van der Waals surface area (Å²) in [6.07, 6.45) is 31.9. The van der Waals surface area contributed by atoms with Crippen LogP contribution in [0.25, 0.3) is 0 Å². The monoisotopic (exact) mass is 596 g/mol. The Morgan fingerprint density at radius 3 is 1.50 bits per heavy atom. The maximum Gasteiger partial charge on any atom is 0.249 e. The zero-order valence-electron chi connectivity index (χ0n) is 27.5. The maximum absolute atomic E-state index is 12.4. The fourth-order valence-corrected chi connectivity index (χ4v) is 5.24. The fraction of sp³-hybridized carbons (Fsp3) is 0.861. The van der Waals surface area contributed by atoms with E-state index in [0.29, 0.717) is 19.3 Å². The van der Waals surface area contributed by atoms with Gasteiger partial charge in [-0.1, -0.05) is 141 Å². The van der Waals surface area contributed by atoms with Crippen molar-refractivity contribution >= 4 is 5.91 Å². The van der Waals surface area contributed by atoms with Crippen LogP contribution in [-0.4, -0.2) is 57.3 Å². The number of carbonyl (C=O) groups is 1. The summed E-state index contributed by atoms with van der Waals surface area (Å²) in [4.78, 5) is 12.4. The topological polar surface area (TPSA) is 110 Å². The van der Waals surface area contributed by atoms with Crippen molar-refractivity contribution < 1.29 is 25.2 Å². The van der Waals surface area contributed by atoms with Gasteiger partial charge in [-0.2, -0.15) is 0 Å². The van der Waals surface area contributed by atoms with Gasteiger partial charge in [0.1, 0.15) is 12.2 Å². The average molecular weight is 596 g/mol. The normalized spacial score (nSPS) is 14.9. The first-order valence-corrected chi connectivity index (χ1v) is 17.7. The molecule has 0 radical (unpaired) electrons. The molecular weight excluding hydrogens is 526 g/mol. The van der Waals surface area contributed by atoms with Crippen LogP contribution in [0.5, 0.6) is 0 Å². The van der Waals surface area contributed by atoms with Crippen LogP contribution >= 0.6 is 0 Å². The van der Waals surface area contributed by atoms with Crippen LogP contribution in [0.3, 0.4) is 0 Å². The molecule has 5 N–H and O–H groups in total. The quantitative estimate of drug-likeness (QED) is 0.0411. The van der Waals surface area contributed by atoms with Crippen molar-refractivity contribution in [2.75, 3.05) is 6.61 Å². The van der Waals surface area contributed by atoms with Gasteiger partial charge in [-0.3, -0.25) is 4.79 Å². The zero-order chi connectivity index (χ0) is 31.1. The summed E-state index contributed by atoms with van der Waals surface area (Å²) in [5.41, 5.74) is 0. The van der Waals surface area contributed by atoms with Crippen LogP contribution in [0.1, 0.15) is 168 Å². The van der Waals surface area contributed by atoms with Crippen LogP contribution in [0.15, 0.2) is 24.3 Å². The number of nitrogens with one attached hydrogen (secondary N) is 1. The summed E-state index contributed by atoms with van der Waals surface area (Å²) >= 11 is 0. The van der Waals surface area contributed by atoms with Crippen molar-refractivity contribution in [1.29, 1.82) is 0 Å². The van der Waals surface area contributed by atoms with E-state index < -0.39 is 36.9 Å². The van der Waals surface area contributed by atoms with Crippen molar-refractivity contribution in [2.24, 2.45) is 0 Å². The Bertz CT molecular complexity index is 638. The average Bonchev–Trinajstić information content (AvgIpc) is 2.99. The van der Waals surface area contributed by atoms with Crippen LogP contribution in [-0.2, 0) is 4.79 Å². The number of unbranched alkanes of at least 4 members (excludes halogenated alkanes) is 18. The highest BCUT2D eigenvalue weighted by Gasteiger charge is 2.28. The van der Waals surface area contributed by atoms with Crippen molar-refractivity contribution in [1.82, 2.24) is 5.32 Å². The van der Waals surface area contributed by atoms with Gasteiger partial charge in [-0.05, 0) is 51.4 Å². The van der Waals surface area contributed by atoms with E-state index in [1.165, 1.54) is 96.3 Å². The third-order valence-electron chi connectivity index (χ3n) is 8.14. The first-order chi connectivity index (χ1) is 20.5. The third-order valence-corrected chi connectivity index (χ3v) is 8.14. The lowest BCUT2D eigenvalue weighted by Crippen LogP contribution is -2.53. The molecule has 1 amide bonds. The number of hydrogen-bond donors (Lipinski definition) is 5. The van der Waals surface area contributed by atoms with Gasteiger partial charge >= 0.3 is 0 Å². The number of carbonyl (C=O) groups excluding carboxylic acids is 1. The van der Waals surface area contributed by atoms with Crippen molar-refractivity contribution in [3.8, 4) is 0 Å². The largest absolute Gasteiger partial charge is 0.394 e. The summed E-state index contributed by atoms with van der Waals surface area (Å²) in [6.45, 7) is 3.98. The van der Waals surface area contributed by atoms with Crippen LogP contribution in [0.4, 0.5) is 0 Å². The van der Waals surface area contributed by atoms with Gasteiger partial charge in [0.15, 0.2) is 0 Å². The second-order valence-electron chi connectivity index (χ2n) is 12.2. The van der Waals surface area contributed by atoms with Gasteiger partial charge in [0.25, 0.3) is 0 Å². The van der Waals surface area contributed by atoms with Crippen molar-refractivity contribution in [2.45, 2.75) is 192 Å². The van der Waals surface area contributed by atoms with Gasteiger partial charge < -0.3 is 25.7 Å². The minimum absolute atomic E-state index is 0.362. The Kier molecular flexibility index (Phi) is 30.3. The predicted molar refractivity (Wildman–Crippen MR) is 177 cm³/mol. The third kappa shape index (κ3) is 25.3. The number of rotatable bonds is 31. The number of hydrogen-bond acceptors (Lipinski definition) is 5. The van der Waals surface area contributed by atoms with E-state index in [9.17, 15) is 25.2 Å². The molecule has 0 fully saturated rings. The molecule has 0 saturated carbocycles. The van der Waals surface area contributed by atoms with E-state index in [1.807, 2.05) is 0 Å². The van der Waals surface area contributed by atoms with Crippen LogP contribution in [0.2, 0.25) is 0 Å². The lowest BCUT2D eigenvalue weighted by Gasteiger charge is -2.27. The molecule has 6 nitrogen and oxygen atoms in total. The molecule has 0 aromatic carbocycles. The molecule has 0 rings (SSSR count). The fourth-order valence-electron chi connectivity index (χ4n) is 5.24. The molecule has 0 aromatic heterocycles. The second-order valence-corrected chi connectivity index (χ2v) is 12.2. The molecule has 4 atom stereocenters. The smallest absolute Gasteiger partial charge is 0.249 e. The summed E-state index contributed by atoms with van der Waals surface area (Å²) in [7, 11) is 0. The van der Waals surface area contributed by atoms with Crippen LogP contribution in [0, 0.1) is 0 Å². The van der Waals surface area contributed by atoms with E-state index in [4.69, 9.17) is 0 Å². The first kappa shape index (κ1) is 40.8. The molecule has 0 heterocycles. The summed E-state index contributed by atoms with van der Waals surface area (Å²) < 4.78 is 0. The summed E-state index contributed by atoms with van der Waals surface area (Å²) in [6, 6.07) is -1.00. The molecule has 42 heavy (non-hydrogen) atoms. The SMILES string of the molecule is CCCCCCC/C=C/CC/C=C/CCCC(O)C(O)C(CO)NC(=O)C(O)CCCCCCCCCCCCCC. The lowest BCUT2D eigenvalue weighted by molar-refractivity contribution is -0.132. The second kappa shape index (κ2) is 31.2. The number of amides is 1. The Balaban J connectivity index is 3.92. The van der Waals surface area contributed by atoms with E-state index in [1.54, 1.807) is 0 Å². The molecule has 6 heteroatoms. The molecule has 248 valence electrons. The Hall–Kier alpha value is -1.21. The molecule has 0 bridgehead atoms. The lowest BCUT2D eigenvalue weighted by atomic mass is 10.00. The highest BCUT2D eigenvalue weighted by atomic mass is 16.3. The Labute approximate surface area is 259 Å². The van der Waals surface area contributed by atoms with E-state index in [-0.39, 0.29) is 0 Å². The molecule has 4 unspecified atom stereocenters. The molecule has 0 aliphatic heterocycles. The number of allylic oxidation sites excluding steroid dienone is 4. The molecule has 0 aromatic rings. The Morgan fingerprint density at radius 1 is 0.571 bits per heavy atom. The minimum atomic E-state index is -1.28. The standard InChI is InChI=1S/C36H69NO5/c1-3-5-7-9-11-13-15-17-18-20-21-23-25-27-29-33(39)35(41)32(31-38)37-36(42)34(40)30-28-26-24-22-19-16-14-12-10-8-6-4-2/h15,17,21,23,32-35,38-41H,3-14,16,18-20,22,24-31H2,1-2H3,(H,37,42)/b17-15+,23-21+. The van der Waals surface area contributed by atoms with E-state index in [2.05, 4.69) is 43.5 Å². The molecule has 0 spiro atoms. The minimum Gasteiger partial charge on any atom is -0.394 e. The van der Waals surface area contributed by atoms with Gasteiger partial charge in [-0.15, -0.1) is 0 Å². The van der Waals surface area contributed by atoms with Crippen LogP contribution < -0.4 is 5.32 Å². The Morgan fingerprint density at radius 2 is 1.00 bits per heavy atom. The van der Waals surface area contributed by atoms with Gasteiger partial charge in [0.05, 0.1) is 18.8 Å². The van der Waals surface area contributed by atoms with Crippen molar-refractivity contribution in [3.63, 3.8) is 0 Å². The molecule has 0 aliphatic rings. The van der Waals surface area contributed by atoms with E-state index >= 15 is 0 Å². The van der Waals surface area contributed by atoms with Gasteiger partial charge in [0, 0.05) is 0 Å². The van der Waals surface area contributed by atoms with Gasteiger partial charge in [0.2, 0.25) is 5.91 Å². The van der Waals surface area contributed by atoms with E-state index in [0.717, 1.165) is 38.5 Å². The molecule has 0 saturated heterocycles. The highest BCUT2D eigenvalue weighted by Crippen LogP contribution is 2.14. The van der Waals surface area contributed by atoms with Crippen molar-refractivity contribution in [3.05, 3.63) is 24.3 Å². The maximum atomic E-state index is 12.4. The van der Waals surface area contributed by atoms with Gasteiger partial charge in [-0.25, -0.2) is 0 Å². The number of aliphatic hydroxyl groups is 4. The summed E-state index contributed by atoms with van der Waals surface area (Å²) in [5, 5.41) is 43.3. The number of aliphatic hydroxyl groups excluding tert-OH is 4. The first-order valence-electron chi connectivity index (χ1n) is 17.7.